The Labute approximate surface area is 198 Å². The Morgan fingerprint density at radius 2 is 1.44 bits per heavy atom. The van der Waals surface area contributed by atoms with E-state index in [0.29, 0.717) is 5.82 Å². The largest absolute Gasteiger partial charge is 0.298 e. The second kappa shape index (κ2) is 8.12. The number of hydrogen-bond acceptors (Lipinski definition) is 5. The molecule has 0 unspecified atom stereocenters. The van der Waals surface area contributed by atoms with Gasteiger partial charge in [0, 0.05) is 35.3 Å². The van der Waals surface area contributed by atoms with E-state index in [4.69, 9.17) is 0 Å². The first kappa shape index (κ1) is 20.1. The number of hydrazine groups is 1. The Morgan fingerprint density at radius 1 is 0.765 bits per heavy atom. The summed E-state index contributed by atoms with van der Waals surface area (Å²) in [5, 5.41) is 4.28. The maximum Gasteiger partial charge on any atom is 0.163 e. The molecule has 5 heteroatoms. The second-order valence-electron chi connectivity index (χ2n) is 8.49. The maximum absolute atomic E-state index is 4.53. The maximum atomic E-state index is 4.53. The zero-order valence-electron chi connectivity index (χ0n) is 19.0. The third-order valence-electron chi connectivity index (χ3n) is 6.29. The van der Waals surface area contributed by atoms with Gasteiger partial charge in [-0.2, -0.15) is 0 Å². The lowest BCUT2D eigenvalue weighted by Gasteiger charge is -2.30. The van der Waals surface area contributed by atoms with E-state index in [2.05, 4.69) is 100 Å². The van der Waals surface area contributed by atoms with Gasteiger partial charge in [0.25, 0.3) is 0 Å². The second-order valence-corrected chi connectivity index (χ2v) is 8.49. The highest BCUT2D eigenvalue weighted by atomic mass is 15.5. The fourth-order valence-electron chi connectivity index (χ4n) is 4.82. The minimum Gasteiger partial charge on any atom is -0.298 e. The van der Waals surface area contributed by atoms with E-state index in [1.165, 1.54) is 22.3 Å². The fourth-order valence-corrected chi connectivity index (χ4v) is 4.82. The monoisotopic (exact) mass is 441 g/mol. The van der Waals surface area contributed by atoms with Crippen LogP contribution < -0.4 is 5.43 Å². The normalized spacial score (nSPS) is 12.8. The van der Waals surface area contributed by atoms with Gasteiger partial charge in [-0.05, 0) is 34.6 Å². The molecule has 2 heterocycles. The Hall–Kier alpha value is -4.51. The molecular weight excluding hydrogens is 418 g/mol. The number of benzene rings is 4. The third-order valence-corrected chi connectivity index (χ3v) is 6.29. The van der Waals surface area contributed by atoms with Crippen molar-refractivity contribution < 1.29 is 0 Å². The quantitative estimate of drug-likeness (QED) is 0.355. The number of nitrogens with zero attached hydrogens (tertiary/aromatic N) is 4. The van der Waals surface area contributed by atoms with Crippen molar-refractivity contribution >= 4 is 22.0 Å². The number of nitrogens with one attached hydrogen (secondary N) is 1. The molecule has 5 aromatic rings. The van der Waals surface area contributed by atoms with E-state index < -0.39 is 0 Å². The van der Waals surface area contributed by atoms with Gasteiger partial charge in [0.15, 0.2) is 5.82 Å². The van der Waals surface area contributed by atoms with Crippen molar-refractivity contribution in [3.8, 4) is 22.5 Å². The molecule has 0 fully saturated rings. The lowest BCUT2D eigenvalue weighted by Crippen LogP contribution is -2.24. The van der Waals surface area contributed by atoms with Gasteiger partial charge >= 0.3 is 0 Å². The third kappa shape index (κ3) is 3.30. The lowest BCUT2D eigenvalue weighted by atomic mass is 9.86. The average Bonchev–Trinajstić information content (AvgIpc) is 2.89. The SMILES string of the molecule is Cc1cc(-c2ccccc2)c2ccc3c(c2c1-c1ncncn1)NN(C)C=C3c1ccccc1. The van der Waals surface area contributed by atoms with Gasteiger partial charge < -0.3 is 0 Å². The summed E-state index contributed by atoms with van der Waals surface area (Å²) in [6.45, 7) is 2.13. The van der Waals surface area contributed by atoms with Crippen LogP contribution in [0.25, 0.3) is 38.9 Å². The number of aryl methyl sites for hydroxylation is 1. The van der Waals surface area contributed by atoms with Gasteiger partial charge in [0.05, 0.1) is 5.69 Å². The van der Waals surface area contributed by atoms with Gasteiger partial charge in [-0.15, -0.1) is 0 Å². The van der Waals surface area contributed by atoms with Crippen LogP contribution in [0.4, 0.5) is 5.69 Å². The van der Waals surface area contributed by atoms with Crippen LogP contribution in [0.1, 0.15) is 16.7 Å². The smallest absolute Gasteiger partial charge is 0.163 e. The molecule has 5 nitrogen and oxygen atoms in total. The molecule has 0 saturated heterocycles. The highest BCUT2D eigenvalue weighted by Gasteiger charge is 2.24. The average molecular weight is 442 g/mol. The number of hydrogen-bond donors (Lipinski definition) is 1. The topological polar surface area (TPSA) is 53.9 Å². The molecule has 1 N–H and O–H groups in total. The van der Waals surface area contributed by atoms with Crippen LogP contribution in [0.3, 0.4) is 0 Å². The zero-order chi connectivity index (χ0) is 23.1. The molecule has 1 aromatic heterocycles. The van der Waals surface area contributed by atoms with Gasteiger partial charge in [-0.1, -0.05) is 78.9 Å². The Kier molecular flexibility index (Phi) is 4.81. The standard InChI is InChI=1S/C29H23N5/c1-19-15-24(20-9-5-3-6-10-20)22-13-14-23-25(21-11-7-4-8-12-21)16-34(2)33-28(23)27(22)26(19)29-31-17-30-18-32-29/h3-18,33H,1-2H3. The summed E-state index contributed by atoms with van der Waals surface area (Å²) >= 11 is 0. The molecule has 6 rings (SSSR count). The summed E-state index contributed by atoms with van der Waals surface area (Å²) in [5.41, 5.74) is 12.7. The highest BCUT2D eigenvalue weighted by Crippen LogP contribution is 2.45. The molecule has 0 aliphatic carbocycles. The van der Waals surface area contributed by atoms with Gasteiger partial charge in [0.1, 0.15) is 12.7 Å². The van der Waals surface area contributed by atoms with Crippen molar-refractivity contribution in [2.24, 2.45) is 0 Å². The molecule has 0 bridgehead atoms. The predicted octanol–water partition coefficient (Wildman–Crippen LogP) is 6.33. The molecule has 0 radical (unpaired) electrons. The first-order valence-corrected chi connectivity index (χ1v) is 11.3. The van der Waals surface area contributed by atoms with Crippen molar-refractivity contribution in [2.45, 2.75) is 6.92 Å². The molecule has 1 aliphatic rings. The molecule has 0 atom stereocenters. The summed E-state index contributed by atoms with van der Waals surface area (Å²) in [4.78, 5) is 13.1. The molecule has 0 saturated carbocycles. The Bertz CT molecular complexity index is 1530. The molecular formula is C29H23N5. The molecule has 164 valence electrons. The van der Waals surface area contributed by atoms with Crippen LogP contribution in [0.2, 0.25) is 0 Å². The van der Waals surface area contributed by atoms with Crippen molar-refractivity contribution in [2.75, 3.05) is 12.5 Å². The minimum atomic E-state index is 0.672. The molecule has 0 amide bonds. The zero-order valence-corrected chi connectivity index (χ0v) is 19.0. The van der Waals surface area contributed by atoms with Crippen molar-refractivity contribution in [3.63, 3.8) is 0 Å². The minimum absolute atomic E-state index is 0.672. The Morgan fingerprint density at radius 3 is 2.15 bits per heavy atom. The van der Waals surface area contributed by atoms with Gasteiger partial charge in [0.2, 0.25) is 0 Å². The predicted molar refractivity (Wildman–Crippen MR) is 138 cm³/mol. The van der Waals surface area contributed by atoms with E-state index in [9.17, 15) is 0 Å². The van der Waals surface area contributed by atoms with Gasteiger partial charge in [-0.3, -0.25) is 10.4 Å². The van der Waals surface area contributed by atoms with Crippen molar-refractivity contribution in [3.05, 3.63) is 114 Å². The summed E-state index contributed by atoms with van der Waals surface area (Å²) in [6, 6.07) is 27.7. The first-order chi connectivity index (χ1) is 16.7. The van der Waals surface area contributed by atoms with Crippen LogP contribution in [0.15, 0.2) is 97.7 Å². The first-order valence-electron chi connectivity index (χ1n) is 11.3. The number of rotatable bonds is 3. The summed E-state index contributed by atoms with van der Waals surface area (Å²) in [7, 11) is 2.03. The van der Waals surface area contributed by atoms with E-state index >= 15 is 0 Å². The molecule has 1 aliphatic heterocycles. The number of aromatic nitrogens is 3. The van der Waals surface area contributed by atoms with Crippen LogP contribution in [0, 0.1) is 6.92 Å². The van der Waals surface area contributed by atoms with Crippen LogP contribution in [0.5, 0.6) is 0 Å². The summed E-state index contributed by atoms with van der Waals surface area (Å²) in [6.07, 6.45) is 5.26. The molecule has 4 aromatic carbocycles. The van der Waals surface area contributed by atoms with E-state index in [1.807, 2.05) is 24.2 Å². The van der Waals surface area contributed by atoms with E-state index in [-0.39, 0.29) is 0 Å². The van der Waals surface area contributed by atoms with E-state index in [1.54, 1.807) is 12.7 Å². The number of anilines is 1. The fraction of sp³-hybridized carbons (Fsp3) is 0.0690. The molecule has 34 heavy (non-hydrogen) atoms. The van der Waals surface area contributed by atoms with Gasteiger partial charge in [-0.25, -0.2) is 15.0 Å². The summed E-state index contributed by atoms with van der Waals surface area (Å²) < 4.78 is 0. The molecule has 0 spiro atoms. The van der Waals surface area contributed by atoms with Crippen LogP contribution in [-0.4, -0.2) is 27.0 Å². The van der Waals surface area contributed by atoms with Crippen molar-refractivity contribution in [1.29, 1.82) is 0 Å². The van der Waals surface area contributed by atoms with Crippen LogP contribution in [-0.2, 0) is 0 Å². The number of fused-ring (bicyclic) bond motifs is 3. The lowest BCUT2D eigenvalue weighted by molar-refractivity contribution is 0.549. The van der Waals surface area contributed by atoms with Crippen molar-refractivity contribution in [1.82, 2.24) is 20.0 Å². The summed E-state index contributed by atoms with van der Waals surface area (Å²) in [5.74, 6) is 0.672. The van der Waals surface area contributed by atoms with E-state index in [0.717, 1.165) is 33.2 Å². The van der Waals surface area contributed by atoms with Crippen LogP contribution >= 0.6 is 0 Å². The Balaban J connectivity index is 1.73. The highest BCUT2D eigenvalue weighted by molar-refractivity contribution is 6.14.